The topological polar surface area (TPSA) is 106 Å². The van der Waals surface area contributed by atoms with Crippen LogP contribution in [0.2, 0.25) is 0 Å². The number of carbonyl (C=O) groups is 1. The Morgan fingerprint density at radius 1 is 1.50 bits per heavy atom. The third kappa shape index (κ3) is 2.87. The van der Waals surface area contributed by atoms with E-state index in [1.165, 1.54) is 16.8 Å². The number of aryl methyl sites for hydroxylation is 1. The highest BCUT2D eigenvalue weighted by molar-refractivity contribution is 7.89. The van der Waals surface area contributed by atoms with Crippen LogP contribution in [0.3, 0.4) is 0 Å². The van der Waals surface area contributed by atoms with Gasteiger partial charge in [-0.1, -0.05) is 0 Å². The fourth-order valence-electron chi connectivity index (χ4n) is 2.51. The van der Waals surface area contributed by atoms with E-state index in [9.17, 15) is 18.3 Å². The van der Waals surface area contributed by atoms with Crippen LogP contribution in [0.4, 0.5) is 0 Å². The number of carbonyl (C=O) groups excluding carboxylic acids is 1. The summed E-state index contributed by atoms with van der Waals surface area (Å²) in [5.41, 5.74) is 0.259. The van der Waals surface area contributed by atoms with Crippen molar-refractivity contribution in [1.82, 2.24) is 9.47 Å². The van der Waals surface area contributed by atoms with Gasteiger partial charge in [0.2, 0.25) is 10.0 Å². The maximum atomic E-state index is 12.5. The number of sulfonamides is 1. The molecule has 1 unspecified atom stereocenters. The number of aliphatic hydroxyl groups is 1. The highest BCUT2D eigenvalue weighted by Crippen LogP contribution is 2.21. The summed E-state index contributed by atoms with van der Waals surface area (Å²) in [6.45, 7) is 0.484. The summed E-state index contributed by atoms with van der Waals surface area (Å²) >= 11 is 0. The molecular weight excluding hydrogens is 282 g/mol. The average Bonchev–Trinajstić information content (AvgIpc) is 2.80. The molecule has 1 aliphatic heterocycles. The Hall–Kier alpha value is -1.38. The average molecular weight is 301 g/mol. The molecule has 3 N–H and O–H groups in total. The maximum absolute atomic E-state index is 12.5. The molecule has 0 aromatic carbocycles. The van der Waals surface area contributed by atoms with Crippen molar-refractivity contribution >= 4 is 15.9 Å². The van der Waals surface area contributed by atoms with E-state index < -0.39 is 10.0 Å². The molecule has 0 bridgehead atoms. The van der Waals surface area contributed by atoms with E-state index in [-0.39, 0.29) is 29.1 Å². The van der Waals surface area contributed by atoms with Gasteiger partial charge in [0.25, 0.3) is 5.91 Å². The number of piperidine rings is 1. The number of hydrogen-bond donors (Lipinski definition) is 2. The van der Waals surface area contributed by atoms with E-state index in [0.717, 1.165) is 19.3 Å². The van der Waals surface area contributed by atoms with Gasteiger partial charge in [0.15, 0.2) is 0 Å². The van der Waals surface area contributed by atoms with Crippen LogP contribution >= 0.6 is 0 Å². The second-order valence-corrected chi connectivity index (χ2v) is 6.61. The molecular formula is C12H19N3O4S. The minimum absolute atomic E-state index is 0.0825. The summed E-state index contributed by atoms with van der Waals surface area (Å²) in [4.78, 5) is 14.0. The van der Waals surface area contributed by atoms with Crippen LogP contribution in [0.1, 0.15) is 29.8 Å². The third-order valence-electron chi connectivity index (χ3n) is 3.63. The highest BCUT2D eigenvalue weighted by atomic mass is 32.2. The van der Waals surface area contributed by atoms with Gasteiger partial charge in [0.1, 0.15) is 10.6 Å². The SMILES string of the molecule is Cn1cc(S(N)(=O)=O)cc1C(=O)N1CCCCC1CO. The number of amides is 1. The molecule has 112 valence electrons. The largest absolute Gasteiger partial charge is 0.394 e. The monoisotopic (exact) mass is 301 g/mol. The number of nitrogens with two attached hydrogens (primary N) is 1. The molecule has 1 saturated heterocycles. The molecule has 0 saturated carbocycles. The Morgan fingerprint density at radius 3 is 2.75 bits per heavy atom. The minimum Gasteiger partial charge on any atom is -0.394 e. The quantitative estimate of drug-likeness (QED) is 0.796. The van der Waals surface area contributed by atoms with Gasteiger partial charge in [0.05, 0.1) is 12.6 Å². The van der Waals surface area contributed by atoms with Gasteiger partial charge in [0, 0.05) is 19.8 Å². The van der Waals surface area contributed by atoms with Crippen molar-refractivity contribution in [2.45, 2.75) is 30.2 Å². The maximum Gasteiger partial charge on any atom is 0.270 e. The number of nitrogens with zero attached hydrogens (tertiary/aromatic N) is 2. The predicted octanol–water partition coefficient (Wildman–Crippen LogP) is -0.340. The molecule has 1 aromatic heterocycles. The Kier molecular flexibility index (Phi) is 4.17. The van der Waals surface area contributed by atoms with Crippen molar-refractivity contribution in [2.24, 2.45) is 12.2 Å². The zero-order valence-electron chi connectivity index (χ0n) is 11.3. The third-order valence-corrected chi connectivity index (χ3v) is 4.51. The zero-order valence-corrected chi connectivity index (χ0v) is 12.1. The summed E-state index contributed by atoms with van der Waals surface area (Å²) in [6, 6.07) is 1.07. The Balaban J connectivity index is 2.31. The van der Waals surface area contributed by atoms with Gasteiger partial charge in [-0.15, -0.1) is 0 Å². The molecule has 1 atom stereocenters. The number of hydrogen-bond acceptors (Lipinski definition) is 4. The van der Waals surface area contributed by atoms with Gasteiger partial charge in [-0.2, -0.15) is 0 Å². The number of aromatic nitrogens is 1. The molecule has 8 heteroatoms. The van der Waals surface area contributed by atoms with Crippen LogP contribution in [-0.4, -0.2) is 48.1 Å². The van der Waals surface area contributed by atoms with Gasteiger partial charge in [-0.25, -0.2) is 13.6 Å². The van der Waals surface area contributed by atoms with E-state index in [2.05, 4.69) is 0 Å². The highest BCUT2D eigenvalue weighted by Gasteiger charge is 2.29. The standard InChI is InChI=1S/C12H19N3O4S/c1-14-7-10(20(13,18)19)6-11(14)12(17)15-5-3-2-4-9(15)8-16/h6-7,9,16H,2-5,8H2,1H3,(H2,13,18,19). The Labute approximate surface area is 118 Å². The van der Waals surface area contributed by atoms with Gasteiger partial charge < -0.3 is 14.6 Å². The van der Waals surface area contributed by atoms with Crippen LogP contribution in [-0.2, 0) is 17.1 Å². The number of likely N-dealkylation sites (tertiary alicyclic amines) is 1. The Morgan fingerprint density at radius 2 is 2.20 bits per heavy atom. The van der Waals surface area contributed by atoms with Gasteiger partial charge in [-0.3, -0.25) is 4.79 Å². The summed E-state index contributed by atoms with van der Waals surface area (Å²) < 4.78 is 24.1. The van der Waals surface area contributed by atoms with Crippen molar-refractivity contribution in [3.8, 4) is 0 Å². The van der Waals surface area contributed by atoms with Crippen molar-refractivity contribution in [3.63, 3.8) is 0 Å². The van der Waals surface area contributed by atoms with E-state index in [0.29, 0.717) is 6.54 Å². The fourth-order valence-corrected chi connectivity index (χ4v) is 3.09. The normalized spacial score (nSPS) is 20.1. The van der Waals surface area contributed by atoms with Crippen molar-refractivity contribution in [2.75, 3.05) is 13.2 Å². The number of rotatable bonds is 3. The molecule has 7 nitrogen and oxygen atoms in total. The first-order valence-electron chi connectivity index (χ1n) is 6.45. The summed E-state index contributed by atoms with van der Waals surface area (Å²) in [5.74, 6) is -0.277. The van der Waals surface area contributed by atoms with Crippen LogP contribution in [0.5, 0.6) is 0 Å². The smallest absolute Gasteiger partial charge is 0.270 e. The molecule has 0 radical (unpaired) electrons. The van der Waals surface area contributed by atoms with Crippen LogP contribution in [0, 0.1) is 0 Å². The lowest BCUT2D eigenvalue weighted by atomic mass is 10.0. The van der Waals surface area contributed by atoms with E-state index in [4.69, 9.17) is 5.14 Å². The molecule has 1 aromatic rings. The van der Waals surface area contributed by atoms with E-state index in [1.807, 2.05) is 0 Å². The van der Waals surface area contributed by atoms with Gasteiger partial charge >= 0.3 is 0 Å². The van der Waals surface area contributed by atoms with Crippen molar-refractivity contribution < 1.29 is 18.3 Å². The molecule has 1 aliphatic rings. The van der Waals surface area contributed by atoms with E-state index in [1.54, 1.807) is 11.9 Å². The van der Waals surface area contributed by atoms with Gasteiger partial charge in [-0.05, 0) is 25.3 Å². The second kappa shape index (κ2) is 5.55. The lowest BCUT2D eigenvalue weighted by Gasteiger charge is -2.34. The first kappa shape index (κ1) is 15.0. The fraction of sp³-hybridized carbons (Fsp3) is 0.583. The van der Waals surface area contributed by atoms with Crippen LogP contribution in [0.25, 0.3) is 0 Å². The summed E-state index contributed by atoms with van der Waals surface area (Å²) in [7, 11) is -2.23. The van der Waals surface area contributed by atoms with E-state index >= 15 is 0 Å². The molecule has 0 aliphatic carbocycles. The lowest BCUT2D eigenvalue weighted by molar-refractivity contribution is 0.0494. The minimum atomic E-state index is -3.83. The molecule has 1 fully saturated rings. The second-order valence-electron chi connectivity index (χ2n) is 5.05. The zero-order chi connectivity index (χ0) is 14.9. The van der Waals surface area contributed by atoms with Crippen molar-refractivity contribution in [3.05, 3.63) is 18.0 Å². The molecule has 2 heterocycles. The van der Waals surface area contributed by atoms with Crippen LogP contribution in [0.15, 0.2) is 17.2 Å². The van der Waals surface area contributed by atoms with Crippen LogP contribution < -0.4 is 5.14 Å². The number of aliphatic hydroxyl groups excluding tert-OH is 1. The molecule has 20 heavy (non-hydrogen) atoms. The van der Waals surface area contributed by atoms with Crippen molar-refractivity contribution in [1.29, 1.82) is 0 Å². The molecule has 1 amide bonds. The molecule has 2 rings (SSSR count). The first-order valence-corrected chi connectivity index (χ1v) is 8.00. The molecule has 0 spiro atoms. The predicted molar refractivity (Wildman–Crippen MR) is 72.5 cm³/mol. The summed E-state index contributed by atoms with van der Waals surface area (Å²) in [5, 5.41) is 14.4. The number of primary sulfonamides is 1. The Bertz CT molecular complexity index is 608. The summed E-state index contributed by atoms with van der Waals surface area (Å²) in [6.07, 6.45) is 3.94. The first-order chi connectivity index (χ1) is 9.34. The lowest BCUT2D eigenvalue weighted by Crippen LogP contribution is -2.46.